The molecule has 0 spiro atoms. The third-order valence-electron chi connectivity index (χ3n) is 6.43. The van der Waals surface area contributed by atoms with Crippen LogP contribution < -0.4 is 16.4 Å². The highest BCUT2D eigenvalue weighted by molar-refractivity contribution is 7.86. The normalized spacial score (nSPS) is 16.3. The van der Waals surface area contributed by atoms with Crippen molar-refractivity contribution in [1.29, 1.82) is 0 Å². The first kappa shape index (κ1) is 29.2. The van der Waals surface area contributed by atoms with Crippen molar-refractivity contribution in [1.82, 2.24) is 15.0 Å². The molecule has 218 valence electrons. The van der Waals surface area contributed by atoms with E-state index >= 15 is 0 Å². The number of aromatic nitrogens is 3. The molecule has 17 heteroatoms. The lowest BCUT2D eigenvalue weighted by atomic mass is 9.78. The average molecular weight is 633 g/mol. The van der Waals surface area contributed by atoms with Gasteiger partial charge in [0.25, 0.3) is 20.2 Å². The van der Waals surface area contributed by atoms with E-state index in [1.165, 1.54) is 24.3 Å². The molecule has 0 saturated carbocycles. The van der Waals surface area contributed by atoms with E-state index in [9.17, 15) is 35.8 Å². The van der Waals surface area contributed by atoms with Gasteiger partial charge in [0.05, 0.1) is 34.1 Å². The van der Waals surface area contributed by atoms with Gasteiger partial charge in [-0.05, 0) is 35.9 Å². The minimum atomic E-state index is -4.94. The Morgan fingerprint density at radius 1 is 0.952 bits per heavy atom. The summed E-state index contributed by atoms with van der Waals surface area (Å²) in [5.74, 6) is -1.77. The first-order chi connectivity index (χ1) is 19.7. The summed E-state index contributed by atoms with van der Waals surface area (Å²) < 4.78 is 68.3. The number of halogens is 1. The number of Topliss-reactive ketones (excluding diaryl/α,β-unsaturated/α-hetero) is 1. The van der Waals surface area contributed by atoms with Crippen molar-refractivity contribution in [3.63, 3.8) is 0 Å². The molecule has 1 heterocycles. The van der Waals surface area contributed by atoms with Crippen LogP contribution in [0.25, 0.3) is 5.76 Å². The second kappa shape index (κ2) is 10.5. The number of anilines is 5. The number of allylic oxidation sites excluding steroid dienone is 5. The summed E-state index contributed by atoms with van der Waals surface area (Å²) >= 11 is 5.94. The Labute approximate surface area is 244 Å². The van der Waals surface area contributed by atoms with Crippen LogP contribution in [0.2, 0.25) is 5.28 Å². The number of rotatable bonds is 7. The van der Waals surface area contributed by atoms with Gasteiger partial charge in [0.1, 0.15) is 21.4 Å². The van der Waals surface area contributed by atoms with E-state index in [0.717, 1.165) is 12.1 Å². The quantitative estimate of drug-likeness (QED) is 0.160. The first-order valence-electron chi connectivity index (χ1n) is 12.0. The number of carbonyl (C=O) groups excluding carboxylic acids is 1. The van der Waals surface area contributed by atoms with Gasteiger partial charge in [-0.25, -0.2) is 4.98 Å². The molecule has 14 nitrogen and oxygen atoms in total. The molecule has 42 heavy (non-hydrogen) atoms. The number of aliphatic hydroxyl groups excluding tert-OH is 1. The molecule has 5 rings (SSSR count). The Kier molecular flexibility index (Phi) is 7.28. The summed E-state index contributed by atoms with van der Waals surface area (Å²) in [6.07, 6.45) is 6.59. The molecule has 0 saturated heterocycles. The Bertz CT molecular complexity index is 1990. The topological polar surface area (TPSA) is 235 Å². The maximum Gasteiger partial charge on any atom is 0.296 e. The number of nitrogen functional groups attached to an aromatic ring is 1. The molecule has 1 aromatic heterocycles. The van der Waals surface area contributed by atoms with Crippen LogP contribution in [0.5, 0.6) is 0 Å². The van der Waals surface area contributed by atoms with Crippen LogP contribution in [-0.4, -0.2) is 51.8 Å². The minimum absolute atomic E-state index is 0.0838. The van der Waals surface area contributed by atoms with Crippen molar-refractivity contribution >= 4 is 72.1 Å². The highest BCUT2D eigenvalue weighted by atomic mass is 35.5. The molecule has 0 fully saturated rings. The zero-order valence-corrected chi connectivity index (χ0v) is 23.8. The van der Waals surface area contributed by atoms with Gasteiger partial charge in [0.15, 0.2) is 5.78 Å². The van der Waals surface area contributed by atoms with Crippen molar-refractivity contribution < 1.29 is 35.8 Å². The molecule has 2 aromatic carbocycles. The van der Waals surface area contributed by atoms with Gasteiger partial charge < -0.3 is 21.5 Å². The van der Waals surface area contributed by atoms with E-state index in [0.29, 0.717) is 12.2 Å². The number of carbonyl (C=O) groups is 1. The predicted molar refractivity (Wildman–Crippen MR) is 153 cm³/mol. The Balaban J connectivity index is 1.69. The van der Waals surface area contributed by atoms with Crippen molar-refractivity contribution in [3.05, 3.63) is 76.4 Å². The molecule has 0 radical (unpaired) electrons. The fourth-order valence-corrected chi connectivity index (χ4v) is 6.05. The highest BCUT2D eigenvalue weighted by Crippen LogP contribution is 2.45. The number of hydrogen-bond acceptors (Lipinski definition) is 12. The van der Waals surface area contributed by atoms with E-state index in [1.807, 2.05) is 0 Å². The summed E-state index contributed by atoms with van der Waals surface area (Å²) in [5, 5.41) is 16.5. The second-order valence-electron chi connectivity index (χ2n) is 9.08. The van der Waals surface area contributed by atoms with E-state index < -0.39 is 47.4 Å². The standard InChI is InChI=1S/C25H21ClN6O8S2/c1-2-18-30-24(26)32-25(31-18)29-14-9-11(7-8-16(14)41(35,36)37)28-15-10-17(42(38,39)40)21(27)20-19(15)22(33)12-5-3-4-6-13(12)23(20)34/h3-10,13,28,33H,2,27H2,1H3,(H,35,36,37)(H,38,39,40)(H,29,30,31,32). The van der Waals surface area contributed by atoms with Gasteiger partial charge in [-0.15, -0.1) is 0 Å². The maximum atomic E-state index is 13.4. The number of hydrogen-bond donors (Lipinski definition) is 6. The van der Waals surface area contributed by atoms with Crippen LogP contribution in [0.3, 0.4) is 0 Å². The van der Waals surface area contributed by atoms with Gasteiger partial charge in [0, 0.05) is 17.7 Å². The van der Waals surface area contributed by atoms with Crippen LogP contribution in [-0.2, 0) is 26.7 Å². The molecular formula is C25H21ClN6O8S2. The number of benzene rings is 2. The number of ketones is 1. The molecule has 2 aliphatic rings. The first-order valence-corrected chi connectivity index (χ1v) is 15.3. The third kappa shape index (κ3) is 5.33. The predicted octanol–water partition coefficient (Wildman–Crippen LogP) is 3.86. The highest BCUT2D eigenvalue weighted by Gasteiger charge is 2.38. The summed E-state index contributed by atoms with van der Waals surface area (Å²) in [4.78, 5) is 24.1. The van der Waals surface area contributed by atoms with Crippen LogP contribution in [0.15, 0.2) is 63.9 Å². The number of nitrogens with two attached hydrogens (primary N) is 1. The molecule has 1 atom stereocenters. The summed E-state index contributed by atoms with van der Waals surface area (Å²) in [7, 11) is -9.72. The van der Waals surface area contributed by atoms with E-state index in [-0.39, 0.29) is 50.8 Å². The van der Waals surface area contributed by atoms with Gasteiger partial charge in [-0.1, -0.05) is 31.2 Å². The van der Waals surface area contributed by atoms with Crippen molar-refractivity contribution in [3.8, 4) is 0 Å². The van der Waals surface area contributed by atoms with Crippen molar-refractivity contribution in [2.24, 2.45) is 5.92 Å². The largest absolute Gasteiger partial charge is 0.507 e. The fraction of sp³-hybridized carbons (Fsp3) is 0.120. The Morgan fingerprint density at radius 3 is 2.33 bits per heavy atom. The SMILES string of the molecule is CCc1nc(Cl)nc(Nc2cc(Nc3cc(S(=O)(=O)O)c(N)c4c3C(O)=C3C=CC=CC3C4=O)ccc2S(=O)(=O)O)n1. The summed E-state index contributed by atoms with van der Waals surface area (Å²) in [6.45, 7) is 1.76. The lowest BCUT2D eigenvalue weighted by molar-refractivity contribution is 0.0958. The molecule has 2 aliphatic carbocycles. The van der Waals surface area contributed by atoms with Crippen LogP contribution in [0.1, 0.15) is 28.7 Å². The number of nitrogens with one attached hydrogen (secondary N) is 2. The monoisotopic (exact) mass is 632 g/mol. The van der Waals surface area contributed by atoms with E-state index in [2.05, 4.69) is 25.6 Å². The second-order valence-corrected chi connectivity index (χ2v) is 12.2. The van der Waals surface area contributed by atoms with Gasteiger partial charge in [-0.2, -0.15) is 26.8 Å². The van der Waals surface area contributed by atoms with Crippen LogP contribution in [0.4, 0.5) is 28.7 Å². The minimum Gasteiger partial charge on any atom is -0.507 e. The average Bonchev–Trinajstić information content (AvgIpc) is 2.91. The third-order valence-corrected chi connectivity index (χ3v) is 8.40. The van der Waals surface area contributed by atoms with Gasteiger partial charge >= 0.3 is 0 Å². The number of aryl methyl sites for hydroxylation is 1. The zero-order chi connectivity index (χ0) is 30.6. The van der Waals surface area contributed by atoms with Crippen molar-refractivity contribution in [2.45, 2.75) is 23.1 Å². The molecule has 1 unspecified atom stereocenters. The smallest absolute Gasteiger partial charge is 0.296 e. The van der Waals surface area contributed by atoms with Gasteiger partial charge in [0.2, 0.25) is 11.2 Å². The fourth-order valence-electron chi connectivity index (χ4n) is 4.60. The Morgan fingerprint density at radius 2 is 1.67 bits per heavy atom. The lowest BCUT2D eigenvalue weighted by Crippen LogP contribution is -2.26. The number of nitrogens with zero attached hydrogens (tertiary/aromatic N) is 3. The molecule has 3 aromatic rings. The molecule has 0 amide bonds. The summed E-state index contributed by atoms with van der Waals surface area (Å²) in [5.41, 5.74) is 4.96. The maximum absolute atomic E-state index is 13.4. The lowest BCUT2D eigenvalue weighted by Gasteiger charge is -2.28. The Hall–Kier alpha value is -4.35. The molecule has 0 bridgehead atoms. The van der Waals surface area contributed by atoms with E-state index in [4.69, 9.17) is 17.3 Å². The zero-order valence-electron chi connectivity index (χ0n) is 21.4. The van der Waals surface area contributed by atoms with Crippen LogP contribution >= 0.6 is 11.6 Å². The van der Waals surface area contributed by atoms with Gasteiger partial charge in [-0.3, -0.25) is 13.9 Å². The number of fused-ring (bicyclic) bond motifs is 2. The van der Waals surface area contributed by atoms with Crippen molar-refractivity contribution in [2.75, 3.05) is 16.4 Å². The molecular weight excluding hydrogens is 612 g/mol. The van der Waals surface area contributed by atoms with E-state index in [1.54, 1.807) is 19.1 Å². The molecule has 7 N–H and O–H groups in total. The summed E-state index contributed by atoms with van der Waals surface area (Å²) in [6, 6.07) is 4.40. The molecule has 0 aliphatic heterocycles. The number of aliphatic hydroxyl groups is 1. The van der Waals surface area contributed by atoms with Crippen LogP contribution in [0, 0.1) is 5.92 Å².